The number of ether oxygens (including phenoxy) is 4. The Morgan fingerprint density at radius 2 is 1.30 bits per heavy atom. The molecule has 264 valence electrons. The fraction of sp³-hybridized carbons (Fsp3) is 0.400. The third-order valence-electron chi connectivity index (χ3n) is 5.22. The van der Waals surface area contributed by atoms with Gasteiger partial charge in [-0.3, -0.25) is 34.6 Å². The Kier molecular flexibility index (Phi) is 25.9. The van der Waals surface area contributed by atoms with Crippen LogP contribution in [0.1, 0.15) is 25.7 Å². The first-order valence-electron chi connectivity index (χ1n) is 12.3. The summed E-state index contributed by atoms with van der Waals surface area (Å²) in [6.07, 6.45) is 0.396. The summed E-state index contributed by atoms with van der Waals surface area (Å²) in [6.45, 7) is 0. The molecule has 0 aliphatic rings. The standard InChI is InChI=1S/C13H15ClN2O6.C7H13NO4.C5H2Cl2N2O2.2H2S/c1-21-12(17)6-4-9(13(18)22-2)15-10-7-8(14)3-5-11(10)16(19)20;1-11-6(9)4-3-5(8)7(10)12-2;6-4-2-1-3(9(10)11)5(7)8-4;;/h3,5,7,9,15H,4,6H2,1-2H3;5H,3-4,8H2,1-2H3;1-2H;2*1H2/t9-;5-;;;/m00.../s1. The monoisotopic (exact) mass is 765 g/mol. The summed E-state index contributed by atoms with van der Waals surface area (Å²) in [7, 11) is 4.94. The summed E-state index contributed by atoms with van der Waals surface area (Å²) in [5.41, 5.74) is 4.94. The van der Waals surface area contributed by atoms with Gasteiger partial charge in [-0.2, -0.15) is 27.0 Å². The highest BCUT2D eigenvalue weighted by Crippen LogP contribution is 2.29. The molecule has 1 heterocycles. The molecule has 0 fully saturated rings. The van der Waals surface area contributed by atoms with E-state index < -0.39 is 39.8 Å². The summed E-state index contributed by atoms with van der Waals surface area (Å²) >= 11 is 16.6. The second-order valence-corrected chi connectivity index (χ2v) is 9.38. The van der Waals surface area contributed by atoms with Crippen molar-refractivity contribution >= 4 is 103 Å². The molecule has 0 radical (unpaired) electrons. The lowest BCUT2D eigenvalue weighted by molar-refractivity contribution is -0.385. The van der Waals surface area contributed by atoms with Gasteiger partial charge in [-0.05, 0) is 31.0 Å². The van der Waals surface area contributed by atoms with Crippen molar-refractivity contribution in [3.63, 3.8) is 0 Å². The molecule has 0 saturated carbocycles. The summed E-state index contributed by atoms with van der Waals surface area (Å²) < 4.78 is 17.9. The van der Waals surface area contributed by atoms with Crippen LogP contribution in [0.4, 0.5) is 17.1 Å². The van der Waals surface area contributed by atoms with E-state index in [9.17, 15) is 39.4 Å². The molecule has 17 nitrogen and oxygen atoms in total. The molecule has 0 bridgehead atoms. The van der Waals surface area contributed by atoms with Crippen LogP contribution in [0.25, 0.3) is 0 Å². The fourth-order valence-corrected chi connectivity index (χ4v) is 3.50. The molecular formula is C25H34Cl3N5O12S2. The number of pyridine rings is 1. The van der Waals surface area contributed by atoms with Gasteiger partial charge in [-0.1, -0.05) is 34.8 Å². The number of rotatable bonds is 12. The number of carbonyl (C=O) groups is 4. The van der Waals surface area contributed by atoms with Crippen LogP contribution in [0.15, 0.2) is 30.3 Å². The second kappa shape index (κ2) is 25.5. The van der Waals surface area contributed by atoms with E-state index in [4.69, 9.17) is 40.5 Å². The topological polar surface area (TPSA) is 242 Å². The highest BCUT2D eigenvalue weighted by molar-refractivity contribution is 7.59. The molecule has 2 atom stereocenters. The van der Waals surface area contributed by atoms with E-state index in [1.54, 1.807) is 0 Å². The number of methoxy groups -OCH3 is 4. The molecule has 1 aromatic carbocycles. The molecule has 2 aromatic rings. The van der Waals surface area contributed by atoms with Gasteiger partial charge < -0.3 is 30.0 Å². The zero-order chi connectivity index (χ0) is 34.7. The number of nitro groups is 2. The number of nitrogens with two attached hydrogens (primary N) is 1. The quantitative estimate of drug-likeness (QED) is 0.101. The van der Waals surface area contributed by atoms with Gasteiger partial charge in [0.05, 0.1) is 38.3 Å². The van der Waals surface area contributed by atoms with Gasteiger partial charge in [0.15, 0.2) is 0 Å². The van der Waals surface area contributed by atoms with Crippen LogP contribution in [0, 0.1) is 20.2 Å². The Morgan fingerprint density at radius 1 is 0.809 bits per heavy atom. The predicted octanol–water partition coefficient (Wildman–Crippen LogP) is 4.12. The number of benzene rings is 1. The van der Waals surface area contributed by atoms with Crippen molar-refractivity contribution in [3.8, 4) is 0 Å². The number of halogens is 3. The van der Waals surface area contributed by atoms with Crippen LogP contribution < -0.4 is 11.1 Å². The molecule has 2 rings (SSSR count). The van der Waals surface area contributed by atoms with Gasteiger partial charge >= 0.3 is 29.6 Å². The van der Waals surface area contributed by atoms with Crippen LogP contribution in [0.3, 0.4) is 0 Å². The number of aromatic nitrogens is 1. The smallest absolute Gasteiger partial charge is 0.328 e. The molecule has 0 unspecified atom stereocenters. The van der Waals surface area contributed by atoms with Gasteiger partial charge in [0.2, 0.25) is 5.15 Å². The third kappa shape index (κ3) is 19.0. The molecule has 0 amide bonds. The van der Waals surface area contributed by atoms with E-state index in [-0.39, 0.29) is 91.0 Å². The third-order valence-corrected chi connectivity index (χ3v) is 5.94. The van der Waals surface area contributed by atoms with E-state index >= 15 is 0 Å². The van der Waals surface area contributed by atoms with Crippen molar-refractivity contribution in [1.29, 1.82) is 0 Å². The molecule has 0 aliphatic carbocycles. The molecule has 0 spiro atoms. The minimum absolute atomic E-state index is 0. The lowest BCUT2D eigenvalue weighted by Crippen LogP contribution is -2.32. The molecular weight excluding hydrogens is 733 g/mol. The zero-order valence-corrected chi connectivity index (χ0v) is 29.6. The molecule has 0 aliphatic heterocycles. The minimum atomic E-state index is -0.943. The van der Waals surface area contributed by atoms with Gasteiger partial charge in [0.25, 0.3) is 5.69 Å². The number of hydrogen-bond acceptors (Lipinski definition) is 15. The van der Waals surface area contributed by atoms with E-state index in [1.165, 1.54) is 58.8 Å². The number of hydrogen-bond donors (Lipinski definition) is 2. The Bertz CT molecular complexity index is 1360. The Balaban J connectivity index is -0.000000660. The minimum Gasteiger partial charge on any atom is -0.469 e. The van der Waals surface area contributed by atoms with Crippen molar-refractivity contribution in [3.05, 3.63) is 65.9 Å². The lowest BCUT2D eigenvalue weighted by Gasteiger charge is -2.17. The van der Waals surface area contributed by atoms with Gasteiger partial charge in [0.1, 0.15) is 22.9 Å². The van der Waals surface area contributed by atoms with E-state index in [0.29, 0.717) is 0 Å². The fourth-order valence-electron chi connectivity index (χ4n) is 2.91. The summed E-state index contributed by atoms with van der Waals surface area (Å²) in [4.78, 5) is 67.7. The maximum atomic E-state index is 11.7. The molecule has 1 aromatic heterocycles. The first-order chi connectivity index (χ1) is 21.1. The first-order valence-corrected chi connectivity index (χ1v) is 13.5. The average Bonchev–Trinajstić information content (AvgIpc) is 3.00. The molecule has 47 heavy (non-hydrogen) atoms. The summed E-state index contributed by atoms with van der Waals surface area (Å²) in [5.74, 6) is -2.05. The van der Waals surface area contributed by atoms with E-state index in [0.717, 1.165) is 0 Å². The highest BCUT2D eigenvalue weighted by atomic mass is 35.5. The van der Waals surface area contributed by atoms with Crippen molar-refractivity contribution < 1.29 is 48.0 Å². The maximum Gasteiger partial charge on any atom is 0.328 e. The number of nitrogens with one attached hydrogen (secondary N) is 1. The predicted molar refractivity (Wildman–Crippen MR) is 182 cm³/mol. The number of carbonyl (C=O) groups excluding carboxylic acids is 4. The number of nitro benzene ring substituents is 1. The molecule has 22 heteroatoms. The highest BCUT2D eigenvalue weighted by Gasteiger charge is 2.24. The van der Waals surface area contributed by atoms with E-state index in [2.05, 4.69) is 29.2 Å². The van der Waals surface area contributed by atoms with Crippen molar-refractivity contribution in [2.45, 2.75) is 37.8 Å². The lowest BCUT2D eigenvalue weighted by atomic mass is 10.1. The van der Waals surface area contributed by atoms with Crippen molar-refractivity contribution in [1.82, 2.24) is 4.98 Å². The summed E-state index contributed by atoms with van der Waals surface area (Å²) in [5, 5.41) is 24.1. The zero-order valence-electron chi connectivity index (χ0n) is 25.3. The average molecular weight is 767 g/mol. The van der Waals surface area contributed by atoms with Crippen LogP contribution in [-0.4, -0.2) is 79.2 Å². The second-order valence-electron chi connectivity index (χ2n) is 8.20. The molecule has 3 N–H and O–H groups in total. The Hall–Kier alpha value is -3.62. The Morgan fingerprint density at radius 3 is 1.74 bits per heavy atom. The first kappa shape index (κ1) is 47.8. The van der Waals surface area contributed by atoms with Gasteiger partial charge in [-0.25, -0.2) is 9.78 Å². The van der Waals surface area contributed by atoms with Crippen molar-refractivity contribution in [2.24, 2.45) is 5.73 Å². The van der Waals surface area contributed by atoms with Gasteiger partial charge in [0, 0.05) is 30.0 Å². The maximum absolute atomic E-state index is 11.7. The van der Waals surface area contributed by atoms with Gasteiger partial charge in [-0.15, -0.1) is 0 Å². The van der Waals surface area contributed by atoms with E-state index in [1.807, 2.05) is 0 Å². The number of anilines is 1. The van der Waals surface area contributed by atoms with Crippen LogP contribution in [-0.2, 0) is 38.1 Å². The van der Waals surface area contributed by atoms with Crippen molar-refractivity contribution in [2.75, 3.05) is 33.8 Å². The molecule has 0 saturated heterocycles. The van der Waals surface area contributed by atoms with Crippen LogP contribution in [0.2, 0.25) is 15.3 Å². The normalized spacial score (nSPS) is 10.6. The largest absolute Gasteiger partial charge is 0.469 e. The van der Waals surface area contributed by atoms with Crippen LogP contribution in [0.5, 0.6) is 0 Å². The SMILES string of the molecule is COC(=O)CC[C@H](N)C(=O)OC.COC(=O)CC[C@H](Nc1cc(Cl)ccc1[N+](=O)[O-])C(=O)OC.O=[N+]([O-])c1ccc(Cl)nc1Cl.S.S. The van der Waals surface area contributed by atoms with Crippen LogP contribution >= 0.6 is 61.8 Å². The number of esters is 4. The number of nitrogens with zero attached hydrogens (tertiary/aromatic N) is 3. The Labute approximate surface area is 297 Å². The summed E-state index contributed by atoms with van der Waals surface area (Å²) in [6, 6.07) is 4.75.